The van der Waals surface area contributed by atoms with Crippen LogP contribution in [0.25, 0.3) is 0 Å². The van der Waals surface area contributed by atoms with Crippen LogP contribution >= 0.6 is 35.0 Å². The van der Waals surface area contributed by atoms with Crippen molar-refractivity contribution in [3.05, 3.63) is 28.2 Å². The molecular weight excluding hydrogens is 403 g/mol. The standard InChI is InChI=1S/C16H18Cl2N2O3S2/c1-16(2,3)14(21)19-15-20(11-5-4-9(17)6-10(11)18)12-7-25(22,23)8-13(12)24-15/h4-6,12-13H,7-8H2,1-3H3/t12-,13-/m0/s1. The predicted molar refractivity (Wildman–Crippen MR) is 105 cm³/mol. The van der Waals surface area contributed by atoms with E-state index in [0.29, 0.717) is 20.9 Å². The second kappa shape index (κ2) is 6.44. The summed E-state index contributed by atoms with van der Waals surface area (Å²) in [5.74, 6) is -0.160. The molecule has 0 spiro atoms. The Morgan fingerprint density at radius 1 is 1.28 bits per heavy atom. The molecule has 3 rings (SSSR count). The van der Waals surface area contributed by atoms with Crippen molar-refractivity contribution in [1.82, 2.24) is 0 Å². The maximum absolute atomic E-state index is 12.4. The van der Waals surface area contributed by atoms with Gasteiger partial charge < -0.3 is 4.90 Å². The van der Waals surface area contributed by atoms with E-state index in [-0.39, 0.29) is 28.7 Å². The molecule has 0 N–H and O–H groups in total. The molecule has 0 radical (unpaired) electrons. The summed E-state index contributed by atoms with van der Waals surface area (Å²) in [6.07, 6.45) is 0. The van der Waals surface area contributed by atoms with Gasteiger partial charge in [-0.15, -0.1) is 0 Å². The third-order valence-corrected chi connectivity index (χ3v) is 7.82. The first kappa shape index (κ1) is 19.0. The summed E-state index contributed by atoms with van der Waals surface area (Å²) in [4.78, 5) is 18.4. The molecule has 1 amide bonds. The summed E-state index contributed by atoms with van der Waals surface area (Å²) < 4.78 is 24.1. The Balaban J connectivity index is 2.07. The Hall–Kier alpha value is -0.760. The van der Waals surface area contributed by atoms with Crippen LogP contribution in [0.3, 0.4) is 0 Å². The first-order chi connectivity index (χ1) is 11.5. The number of halogens is 2. The molecule has 25 heavy (non-hydrogen) atoms. The summed E-state index contributed by atoms with van der Waals surface area (Å²) in [6, 6.07) is 4.73. The molecule has 1 aromatic rings. The quantitative estimate of drug-likeness (QED) is 0.693. The minimum absolute atomic E-state index is 0.0202. The minimum Gasteiger partial charge on any atom is -0.314 e. The smallest absolute Gasteiger partial charge is 0.253 e. The number of hydrogen-bond donors (Lipinski definition) is 0. The Morgan fingerprint density at radius 2 is 1.96 bits per heavy atom. The number of sulfone groups is 1. The lowest BCUT2D eigenvalue weighted by molar-refractivity contribution is -0.124. The van der Waals surface area contributed by atoms with Crippen molar-refractivity contribution in [3.8, 4) is 0 Å². The van der Waals surface area contributed by atoms with E-state index in [4.69, 9.17) is 23.2 Å². The second-order valence-corrected chi connectivity index (χ2v) is 11.4. The lowest BCUT2D eigenvalue weighted by Crippen LogP contribution is -2.38. The summed E-state index contributed by atoms with van der Waals surface area (Å²) in [7, 11) is -3.12. The highest BCUT2D eigenvalue weighted by Crippen LogP contribution is 2.43. The highest BCUT2D eigenvalue weighted by atomic mass is 35.5. The zero-order chi connectivity index (χ0) is 18.6. The van der Waals surface area contributed by atoms with Crippen LogP contribution in [0.5, 0.6) is 0 Å². The number of benzene rings is 1. The molecule has 2 saturated heterocycles. The normalized spacial score (nSPS) is 26.9. The van der Waals surface area contributed by atoms with Crippen LogP contribution in [0, 0.1) is 5.41 Å². The highest BCUT2D eigenvalue weighted by molar-refractivity contribution is 8.16. The molecule has 0 aliphatic carbocycles. The number of carbonyl (C=O) groups is 1. The zero-order valence-corrected chi connectivity index (χ0v) is 17.1. The third-order valence-electron chi connectivity index (χ3n) is 4.07. The molecule has 136 valence electrons. The van der Waals surface area contributed by atoms with Crippen LogP contribution in [-0.4, -0.2) is 42.3 Å². The van der Waals surface area contributed by atoms with E-state index in [1.807, 2.05) is 0 Å². The molecule has 2 aliphatic heterocycles. The van der Waals surface area contributed by atoms with Gasteiger partial charge in [0.15, 0.2) is 15.0 Å². The molecule has 2 heterocycles. The summed E-state index contributed by atoms with van der Waals surface area (Å²) >= 11 is 13.6. The lowest BCUT2D eigenvalue weighted by atomic mass is 9.96. The van der Waals surface area contributed by atoms with Gasteiger partial charge in [0.1, 0.15) is 0 Å². The van der Waals surface area contributed by atoms with Gasteiger partial charge in [0, 0.05) is 15.7 Å². The molecule has 1 aromatic carbocycles. The van der Waals surface area contributed by atoms with Gasteiger partial charge in [0.25, 0.3) is 5.91 Å². The average molecular weight is 421 g/mol. The Bertz CT molecular complexity index is 863. The number of hydrogen-bond acceptors (Lipinski definition) is 4. The van der Waals surface area contributed by atoms with E-state index in [9.17, 15) is 13.2 Å². The molecule has 2 atom stereocenters. The van der Waals surface area contributed by atoms with E-state index in [1.165, 1.54) is 11.8 Å². The van der Waals surface area contributed by atoms with Gasteiger partial charge in [-0.25, -0.2) is 8.42 Å². The number of amidine groups is 1. The molecule has 0 unspecified atom stereocenters. The largest absolute Gasteiger partial charge is 0.314 e. The van der Waals surface area contributed by atoms with E-state index in [2.05, 4.69) is 4.99 Å². The zero-order valence-electron chi connectivity index (χ0n) is 14.0. The number of anilines is 1. The van der Waals surface area contributed by atoms with Crippen LogP contribution in [-0.2, 0) is 14.6 Å². The van der Waals surface area contributed by atoms with Crippen molar-refractivity contribution < 1.29 is 13.2 Å². The lowest BCUT2D eigenvalue weighted by Gasteiger charge is -2.26. The van der Waals surface area contributed by atoms with Crippen LogP contribution in [0.15, 0.2) is 23.2 Å². The summed E-state index contributed by atoms with van der Waals surface area (Å²) in [6.45, 7) is 5.39. The van der Waals surface area contributed by atoms with Crippen LogP contribution in [0.4, 0.5) is 5.69 Å². The predicted octanol–water partition coefficient (Wildman–Crippen LogP) is 3.64. The highest BCUT2D eigenvalue weighted by Gasteiger charge is 2.50. The molecular formula is C16H18Cl2N2O3S2. The molecule has 0 aromatic heterocycles. The van der Waals surface area contributed by atoms with Gasteiger partial charge in [-0.1, -0.05) is 55.7 Å². The minimum atomic E-state index is -3.12. The maximum atomic E-state index is 12.4. The molecule has 0 saturated carbocycles. The van der Waals surface area contributed by atoms with E-state index in [1.54, 1.807) is 43.9 Å². The van der Waals surface area contributed by atoms with E-state index < -0.39 is 15.3 Å². The fourth-order valence-electron chi connectivity index (χ4n) is 2.78. The van der Waals surface area contributed by atoms with E-state index >= 15 is 0 Å². The first-order valence-corrected chi connectivity index (χ1v) is 11.2. The van der Waals surface area contributed by atoms with Gasteiger partial charge in [-0.3, -0.25) is 4.79 Å². The third kappa shape index (κ3) is 3.84. The van der Waals surface area contributed by atoms with Crippen molar-refractivity contribution >= 4 is 61.6 Å². The molecule has 0 bridgehead atoms. The van der Waals surface area contributed by atoms with Crippen LogP contribution in [0.2, 0.25) is 10.0 Å². The SMILES string of the molecule is CC(C)(C)C(=O)N=C1S[C@H]2CS(=O)(=O)C[C@@H]2N1c1ccc(Cl)cc1Cl. The van der Waals surface area contributed by atoms with Gasteiger partial charge in [0.05, 0.1) is 28.3 Å². The monoisotopic (exact) mass is 420 g/mol. The van der Waals surface area contributed by atoms with Crippen molar-refractivity contribution in [2.45, 2.75) is 32.1 Å². The van der Waals surface area contributed by atoms with Crippen molar-refractivity contribution in [3.63, 3.8) is 0 Å². The Morgan fingerprint density at radius 3 is 2.56 bits per heavy atom. The molecule has 5 nitrogen and oxygen atoms in total. The second-order valence-electron chi connectivity index (χ2n) is 7.22. The molecule has 2 fully saturated rings. The van der Waals surface area contributed by atoms with Crippen molar-refractivity contribution in [2.24, 2.45) is 10.4 Å². The number of amides is 1. The fourth-order valence-corrected chi connectivity index (χ4v) is 7.18. The van der Waals surface area contributed by atoms with Crippen molar-refractivity contribution in [1.29, 1.82) is 0 Å². The molecule has 9 heteroatoms. The topological polar surface area (TPSA) is 66.8 Å². The number of rotatable bonds is 1. The average Bonchev–Trinajstić information content (AvgIpc) is 2.90. The summed E-state index contributed by atoms with van der Waals surface area (Å²) in [5, 5.41) is 1.21. The van der Waals surface area contributed by atoms with E-state index in [0.717, 1.165) is 0 Å². The Labute approximate surface area is 161 Å². The van der Waals surface area contributed by atoms with Crippen LogP contribution in [0.1, 0.15) is 20.8 Å². The summed E-state index contributed by atoms with van der Waals surface area (Å²) in [5.41, 5.74) is -0.00379. The number of aliphatic imine (C=N–C) groups is 1. The fraction of sp³-hybridized carbons (Fsp3) is 0.500. The maximum Gasteiger partial charge on any atom is 0.253 e. The number of fused-ring (bicyclic) bond motifs is 1. The van der Waals surface area contributed by atoms with Gasteiger partial charge in [-0.2, -0.15) is 4.99 Å². The van der Waals surface area contributed by atoms with Gasteiger partial charge in [-0.05, 0) is 18.2 Å². The Kier molecular flexibility index (Phi) is 4.90. The number of thioether (sulfide) groups is 1. The van der Waals surface area contributed by atoms with Gasteiger partial charge >= 0.3 is 0 Å². The molecule has 2 aliphatic rings. The number of nitrogens with zero attached hydrogens (tertiary/aromatic N) is 2. The van der Waals surface area contributed by atoms with Gasteiger partial charge in [0.2, 0.25) is 0 Å². The first-order valence-electron chi connectivity index (χ1n) is 7.72. The van der Waals surface area contributed by atoms with Crippen LogP contribution < -0.4 is 4.90 Å². The van der Waals surface area contributed by atoms with Crippen molar-refractivity contribution in [2.75, 3.05) is 16.4 Å². The number of carbonyl (C=O) groups excluding carboxylic acids is 1.